The molecule has 0 radical (unpaired) electrons. The molecule has 1 fully saturated rings. The van der Waals surface area contributed by atoms with Crippen LogP contribution < -0.4 is 10.6 Å². The Bertz CT molecular complexity index is 266. The third kappa shape index (κ3) is 6.57. The largest absolute Gasteiger partial charge is 0.396 e. The van der Waals surface area contributed by atoms with Gasteiger partial charge in [0.1, 0.15) is 0 Å². The van der Waals surface area contributed by atoms with E-state index in [1.165, 1.54) is 19.4 Å². The van der Waals surface area contributed by atoms with Crippen LogP contribution >= 0.6 is 0 Å². The molecule has 1 rings (SSSR count). The average Bonchev–Trinajstić information content (AvgIpc) is 2.46. The molecule has 2 amide bonds. The van der Waals surface area contributed by atoms with Gasteiger partial charge >= 0.3 is 6.03 Å². The maximum absolute atomic E-state index is 11.9. The lowest BCUT2D eigenvalue weighted by molar-refractivity contribution is 0.188. The molecule has 0 aromatic carbocycles. The minimum absolute atomic E-state index is 0.0737. The van der Waals surface area contributed by atoms with E-state index < -0.39 is 0 Å². The summed E-state index contributed by atoms with van der Waals surface area (Å²) in [6, 6.07) is 0.279. The molecule has 20 heavy (non-hydrogen) atoms. The van der Waals surface area contributed by atoms with Crippen molar-refractivity contribution in [2.24, 2.45) is 0 Å². The van der Waals surface area contributed by atoms with Crippen LogP contribution in [0.1, 0.15) is 52.4 Å². The second-order valence-corrected chi connectivity index (χ2v) is 5.70. The number of amides is 2. The van der Waals surface area contributed by atoms with E-state index in [9.17, 15) is 4.79 Å². The van der Waals surface area contributed by atoms with Crippen molar-refractivity contribution in [3.63, 3.8) is 0 Å². The van der Waals surface area contributed by atoms with Crippen LogP contribution in [0.4, 0.5) is 4.79 Å². The van der Waals surface area contributed by atoms with Crippen LogP contribution in [0.2, 0.25) is 0 Å². The minimum atomic E-state index is -0.0858. The van der Waals surface area contributed by atoms with Gasteiger partial charge < -0.3 is 20.6 Å². The van der Waals surface area contributed by atoms with Crippen molar-refractivity contribution < 1.29 is 9.90 Å². The SMILES string of the molecule is CCCCN1CCC(NC(=O)NC(CC)CCO)CC1. The number of hydrogen-bond acceptors (Lipinski definition) is 3. The van der Waals surface area contributed by atoms with Crippen molar-refractivity contribution in [1.82, 2.24) is 15.5 Å². The lowest BCUT2D eigenvalue weighted by Crippen LogP contribution is -2.50. The Labute approximate surface area is 123 Å². The molecule has 0 spiro atoms. The van der Waals surface area contributed by atoms with E-state index >= 15 is 0 Å². The minimum Gasteiger partial charge on any atom is -0.396 e. The number of piperidine rings is 1. The van der Waals surface area contributed by atoms with Gasteiger partial charge in [0, 0.05) is 31.8 Å². The molecule has 1 unspecified atom stereocenters. The predicted octanol–water partition coefficient (Wildman–Crippen LogP) is 1.71. The smallest absolute Gasteiger partial charge is 0.315 e. The molecule has 1 heterocycles. The number of urea groups is 1. The maximum Gasteiger partial charge on any atom is 0.315 e. The number of nitrogens with one attached hydrogen (secondary N) is 2. The zero-order valence-corrected chi connectivity index (χ0v) is 13.0. The molecule has 1 aliphatic heterocycles. The first-order valence-corrected chi connectivity index (χ1v) is 8.09. The fourth-order valence-electron chi connectivity index (χ4n) is 2.63. The summed E-state index contributed by atoms with van der Waals surface area (Å²) in [5.74, 6) is 0. The molecule has 0 saturated carbocycles. The highest BCUT2D eigenvalue weighted by Gasteiger charge is 2.20. The lowest BCUT2D eigenvalue weighted by atomic mass is 10.0. The van der Waals surface area contributed by atoms with Crippen LogP contribution in [0, 0.1) is 0 Å². The molecule has 118 valence electrons. The van der Waals surface area contributed by atoms with Gasteiger partial charge in [-0.1, -0.05) is 20.3 Å². The van der Waals surface area contributed by atoms with Gasteiger partial charge in [0.25, 0.3) is 0 Å². The number of likely N-dealkylation sites (tertiary alicyclic amines) is 1. The number of aliphatic hydroxyl groups excluding tert-OH is 1. The van der Waals surface area contributed by atoms with Gasteiger partial charge in [0.15, 0.2) is 0 Å². The van der Waals surface area contributed by atoms with E-state index in [1.807, 2.05) is 6.92 Å². The monoisotopic (exact) mass is 285 g/mol. The Morgan fingerprint density at radius 3 is 2.60 bits per heavy atom. The number of rotatable bonds is 8. The van der Waals surface area contributed by atoms with E-state index in [1.54, 1.807) is 0 Å². The summed E-state index contributed by atoms with van der Waals surface area (Å²) in [5, 5.41) is 14.9. The van der Waals surface area contributed by atoms with E-state index in [4.69, 9.17) is 5.11 Å². The molecule has 1 aliphatic rings. The van der Waals surface area contributed by atoms with Crippen LogP contribution in [0.15, 0.2) is 0 Å². The highest BCUT2D eigenvalue weighted by molar-refractivity contribution is 5.74. The molecule has 1 atom stereocenters. The van der Waals surface area contributed by atoms with Gasteiger partial charge in [-0.3, -0.25) is 0 Å². The zero-order chi connectivity index (χ0) is 14.8. The maximum atomic E-state index is 11.9. The normalized spacial score (nSPS) is 18.8. The van der Waals surface area contributed by atoms with Crippen molar-refractivity contribution in [3.05, 3.63) is 0 Å². The van der Waals surface area contributed by atoms with Crippen LogP contribution in [-0.2, 0) is 0 Å². The Morgan fingerprint density at radius 2 is 2.05 bits per heavy atom. The van der Waals surface area contributed by atoms with Crippen molar-refractivity contribution in [1.29, 1.82) is 0 Å². The highest BCUT2D eigenvalue weighted by Crippen LogP contribution is 2.11. The molecule has 1 saturated heterocycles. The molecular formula is C15H31N3O2. The third-order valence-electron chi connectivity index (χ3n) is 4.06. The fourth-order valence-corrected chi connectivity index (χ4v) is 2.63. The second-order valence-electron chi connectivity index (χ2n) is 5.70. The summed E-state index contributed by atoms with van der Waals surface area (Å²) in [7, 11) is 0. The van der Waals surface area contributed by atoms with E-state index in [0.29, 0.717) is 12.5 Å². The summed E-state index contributed by atoms with van der Waals surface area (Å²) < 4.78 is 0. The Hall–Kier alpha value is -0.810. The molecule has 5 heteroatoms. The van der Waals surface area contributed by atoms with Crippen molar-refractivity contribution >= 4 is 6.03 Å². The quantitative estimate of drug-likeness (QED) is 0.636. The number of hydrogen-bond donors (Lipinski definition) is 3. The second kappa shape index (κ2) is 10.00. The predicted molar refractivity (Wildman–Crippen MR) is 81.8 cm³/mol. The lowest BCUT2D eigenvalue weighted by Gasteiger charge is -2.32. The molecule has 0 aromatic rings. The van der Waals surface area contributed by atoms with Gasteiger partial charge in [0.05, 0.1) is 0 Å². The third-order valence-corrected chi connectivity index (χ3v) is 4.06. The summed E-state index contributed by atoms with van der Waals surface area (Å²) in [4.78, 5) is 14.4. The zero-order valence-electron chi connectivity index (χ0n) is 13.0. The molecule has 0 aromatic heterocycles. The molecule has 5 nitrogen and oxygen atoms in total. The first kappa shape index (κ1) is 17.2. The Balaban J connectivity index is 2.20. The average molecular weight is 285 g/mol. The molecule has 3 N–H and O–H groups in total. The van der Waals surface area contributed by atoms with E-state index in [0.717, 1.165) is 32.4 Å². The van der Waals surface area contributed by atoms with Crippen LogP contribution in [-0.4, -0.2) is 54.4 Å². The van der Waals surface area contributed by atoms with Crippen LogP contribution in [0.5, 0.6) is 0 Å². The van der Waals surface area contributed by atoms with E-state index in [2.05, 4.69) is 22.5 Å². The van der Waals surface area contributed by atoms with Gasteiger partial charge in [-0.25, -0.2) is 4.79 Å². The highest BCUT2D eigenvalue weighted by atomic mass is 16.3. The number of carbonyl (C=O) groups excluding carboxylic acids is 1. The number of aliphatic hydroxyl groups is 1. The van der Waals surface area contributed by atoms with Crippen LogP contribution in [0.3, 0.4) is 0 Å². The number of nitrogens with zero attached hydrogens (tertiary/aromatic N) is 1. The van der Waals surface area contributed by atoms with Gasteiger partial charge in [-0.05, 0) is 38.6 Å². The van der Waals surface area contributed by atoms with E-state index in [-0.39, 0.29) is 18.7 Å². The summed E-state index contributed by atoms with van der Waals surface area (Å²) in [5.41, 5.74) is 0. The van der Waals surface area contributed by atoms with Crippen molar-refractivity contribution in [3.8, 4) is 0 Å². The Morgan fingerprint density at radius 1 is 1.35 bits per heavy atom. The first-order valence-electron chi connectivity index (χ1n) is 8.09. The van der Waals surface area contributed by atoms with Gasteiger partial charge in [-0.15, -0.1) is 0 Å². The summed E-state index contributed by atoms with van der Waals surface area (Å²) >= 11 is 0. The van der Waals surface area contributed by atoms with Crippen molar-refractivity contribution in [2.75, 3.05) is 26.2 Å². The number of carbonyl (C=O) groups is 1. The van der Waals surface area contributed by atoms with Crippen LogP contribution in [0.25, 0.3) is 0 Å². The summed E-state index contributed by atoms with van der Waals surface area (Å²) in [6.07, 6.45) is 6.05. The molecule has 0 bridgehead atoms. The number of unbranched alkanes of at least 4 members (excludes halogenated alkanes) is 1. The van der Waals surface area contributed by atoms with Gasteiger partial charge in [-0.2, -0.15) is 0 Å². The topological polar surface area (TPSA) is 64.6 Å². The standard InChI is InChI=1S/C15H31N3O2/c1-3-5-9-18-10-6-14(7-11-18)17-15(20)16-13(4-2)8-12-19/h13-14,19H,3-12H2,1-2H3,(H2,16,17,20). The summed E-state index contributed by atoms with van der Waals surface area (Å²) in [6.45, 7) is 7.71. The fraction of sp³-hybridized carbons (Fsp3) is 0.933. The Kier molecular flexibility index (Phi) is 8.62. The van der Waals surface area contributed by atoms with Crippen molar-refractivity contribution in [2.45, 2.75) is 64.5 Å². The molecular weight excluding hydrogens is 254 g/mol. The first-order chi connectivity index (χ1) is 9.69. The van der Waals surface area contributed by atoms with Gasteiger partial charge in [0.2, 0.25) is 0 Å². The molecule has 0 aliphatic carbocycles.